The van der Waals surface area contributed by atoms with Crippen LogP contribution in [0.2, 0.25) is 0 Å². The van der Waals surface area contributed by atoms with Crippen LogP contribution in [-0.4, -0.2) is 52.3 Å². The summed E-state index contributed by atoms with van der Waals surface area (Å²) in [5.74, 6) is 1.22. The summed E-state index contributed by atoms with van der Waals surface area (Å²) in [5.41, 5.74) is 10.0. The summed E-state index contributed by atoms with van der Waals surface area (Å²) in [6.45, 7) is 0.662. The number of halogens is 1. The zero-order valence-electron chi connectivity index (χ0n) is 19.3. The highest BCUT2D eigenvalue weighted by atomic mass is 79.9. The maximum atomic E-state index is 12.6. The van der Waals surface area contributed by atoms with E-state index in [1.54, 1.807) is 6.20 Å². The van der Waals surface area contributed by atoms with Gasteiger partial charge in [0.05, 0.1) is 16.8 Å². The van der Waals surface area contributed by atoms with Gasteiger partial charge in [-0.1, -0.05) is 28.1 Å². The molecule has 0 aliphatic carbocycles. The van der Waals surface area contributed by atoms with Gasteiger partial charge in [0.2, 0.25) is 0 Å². The van der Waals surface area contributed by atoms with Crippen LogP contribution in [0.4, 0.5) is 11.6 Å². The molecule has 2 N–H and O–H groups in total. The predicted octanol–water partition coefficient (Wildman–Crippen LogP) is 4.19. The van der Waals surface area contributed by atoms with Crippen LogP contribution < -0.4 is 10.6 Å². The summed E-state index contributed by atoms with van der Waals surface area (Å²) in [6.07, 6.45) is 4.71. The first-order valence-corrected chi connectivity index (χ1v) is 14.1. The second-order valence-electron chi connectivity index (χ2n) is 9.02. The van der Waals surface area contributed by atoms with Gasteiger partial charge in [0, 0.05) is 29.2 Å². The van der Waals surface area contributed by atoms with Crippen molar-refractivity contribution >= 4 is 48.4 Å². The molecular formula is C25H23BrN6O3S. The van der Waals surface area contributed by atoms with Crippen LogP contribution in [0.15, 0.2) is 59.5 Å². The van der Waals surface area contributed by atoms with E-state index >= 15 is 0 Å². The quantitative estimate of drug-likeness (QED) is 0.388. The molecule has 2 aliphatic rings. The Morgan fingerprint density at radius 3 is 2.69 bits per heavy atom. The summed E-state index contributed by atoms with van der Waals surface area (Å²) < 4.78 is 32.2. The number of nitrogens with zero attached hydrogens (tertiary/aromatic N) is 5. The van der Waals surface area contributed by atoms with Crippen molar-refractivity contribution in [1.29, 1.82) is 0 Å². The van der Waals surface area contributed by atoms with Gasteiger partial charge in [-0.05, 0) is 54.3 Å². The molecule has 0 saturated carbocycles. The first-order chi connectivity index (χ1) is 17.4. The molecule has 5 heterocycles. The van der Waals surface area contributed by atoms with E-state index < -0.39 is 14.8 Å². The van der Waals surface area contributed by atoms with Crippen LogP contribution in [0.25, 0.3) is 33.4 Å². The summed E-state index contributed by atoms with van der Waals surface area (Å²) in [5, 5.41) is 0.680. The molecule has 4 aromatic rings. The second-order valence-corrected chi connectivity index (χ2v) is 12.3. The number of sulfone groups is 1. The Balaban J connectivity index is 1.44. The molecule has 2 saturated heterocycles. The lowest BCUT2D eigenvalue weighted by Gasteiger charge is -2.39. The van der Waals surface area contributed by atoms with Gasteiger partial charge in [-0.2, -0.15) is 0 Å². The standard InChI is InChI=1S/C25H23BrN6O3S/c26-17-5-1-4-16(12-17)19-13-20(31-23-21(19)22(27)29-14-30-23)18-6-2-9-28-24(18)32-10-8-25(35-15-32)7-3-11-36(25,33)34/h1-2,4-6,9,12-14H,3,7-8,10-11,15H2,(H2,27,29,30,31). The number of hydrogen-bond donors (Lipinski definition) is 1. The predicted molar refractivity (Wildman–Crippen MR) is 142 cm³/mol. The number of rotatable bonds is 3. The van der Waals surface area contributed by atoms with E-state index in [0.29, 0.717) is 54.2 Å². The Kier molecular flexibility index (Phi) is 5.66. The maximum absolute atomic E-state index is 12.6. The van der Waals surface area contributed by atoms with E-state index in [2.05, 4.69) is 30.9 Å². The van der Waals surface area contributed by atoms with Gasteiger partial charge in [-0.15, -0.1) is 0 Å². The minimum atomic E-state index is -3.26. The number of hydrogen-bond acceptors (Lipinski definition) is 9. The second kappa shape index (κ2) is 8.75. The lowest BCUT2D eigenvalue weighted by Crippen LogP contribution is -2.49. The monoisotopic (exact) mass is 566 g/mol. The smallest absolute Gasteiger partial charge is 0.180 e. The lowest BCUT2D eigenvalue weighted by atomic mass is 10.00. The fourth-order valence-corrected chi connectivity index (χ4v) is 7.46. The number of aromatic nitrogens is 4. The van der Waals surface area contributed by atoms with E-state index in [-0.39, 0.29) is 12.5 Å². The van der Waals surface area contributed by atoms with Crippen molar-refractivity contribution in [2.24, 2.45) is 0 Å². The van der Waals surface area contributed by atoms with Crippen molar-refractivity contribution in [3.05, 3.63) is 59.5 Å². The largest absolute Gasteiger partial charge is 0.383 e. The Morgan fingerprint density at radius 2 is 1.94 bits per heavy atom. The van der Waals surface area contributed by atoms with Gasteiger partial charge in [0.15, 0.2) is 20.4 Å². The molecular weight excluding hydrogens is 544 g/mol. The molecule has 0 radical (unpaired) electrons. The normalized spacial score (nSPS) is 21.3. The Hall–Kier alpha value is -3.15. The van der Waals surface area contributed by atoms with Gasteiger partial charge in [-0.3, -0.25) is 0 Å². The van der Waals surface area contributed by atoms with E-state index in [4.69, 9.17) is 15.5 Å². The fraction of sp³-hybridized carbons (Fsp3) is 0.280. The third-order valence-electron chi connectivity index (χ3n) is 6.91. The highest BCUT2D eigenvalue weighted by Crippen LogP contribution is 2.41. The molecule has 1 atom stereocenters. The summed E-state index contributed by atoms with van der Waals surface area (Å²) >= 11 is 3.55. The Morgan fingerprint density at radius 1 is 1.06 bits per heavy atom. The number of ether oxygens (including phenoxy) is 1. The van der Waals surface area contributed by atoms with Gasteiger partial charge in [0.1, 0.15) is 24.7 Å². The van der Waals surface area contributed by atoms with Gasteiger partial charge in [-0.25, -0.2) is 28.4 Å². The molecule has 1 aromatic carbocycles. The first kappa shape index (κ1) is 23.3. The minimum Gasteiger partial charge on any atom is -0.383 e. The van der Waals surface area contributed by atoms with Crippen molar-refractivity contribution in [2.75, 3.05) is 29.7 Å². The Bertz CT molecular complexity index is 1590. The topological polar surface area (TPSA) is 124 Å². The van der Waals surface area contributed by atoms with Crippen molar-refractivity contribution in [1.82, 2.24) is 19.9 Å². The van der Waals surface area contributed by atoms with Crippen LogP contribution in [0.5, 0.6) is 0 Å². The molecule has 36 heavy (non-hydrogen) atoms. The van der Waals surface area contributed by atoms with Gasteiger partial charge < -0.3 is 15.4 Å². The molecule has 1 spiro atoms. The summed E-state index contributed by atoms with van der Waals surface area (Å²) in [6, 6.07) is 13.7. The number of fused-ring (bicyclic) bond motifs is 1. The maximum Gasteiger partial charge on any atom is 0.180 e. The average Bonchev–Trinajstić information content (AvgIpc) is 3.17. The molecule has 2 aliphatic heterocycles. The van der Waals surface area contributed by atoms with Crippen LogP contribution in [0, 0.1) is 0 Å². The molecule has 2 fully saturated rings. The highest BCUT2D eigenvalue weighted by molar-refractivity contribution is 9.10. The number of pyridine rings is 2. The van der Waals surface area contributed by atoms with E-state index in [0.717, 1.165) is 21.2 Å². The van der Waals surface area contributed by atoms with Gasteiger partial charge >= 0.3 is 0 Å². The third-order valence-corrected chi connectivity index (χ3v) is 9.89. The lowest BCUT2D eigenvalue weighted by molar-refractivity contribution is -0.00935. The molecule has 0 amide bonds. The van der Waals surface area contributed by atoms with E-state index in [9.17, 15) is 8.42 Å². The SMILES string of the molecule is Nc1ncnc2nc(-c3cccnc3N3CCC4(CCCS4(=O)=O)OC3)cc(-c3cccc(Br)c3)c12. The van der Waals surface area contributed by atoms with Crippen LogP contribution in [-0.2, 0) is 14.6 Å². The molecule has 0 bridgehead atoms. The van der Waals surface area contributed by atoms with Crippen LogP contribution in [0.1, 0.15) is 19.3 Å². The number of anilines is 2. The summed E-state index contributed by atoms with van der Waals surface area (Å²) in [4.78, 5) is 18.9. The third kappa shape index (κ3) is 3.82. The van der Waals surface area contributed by atoms with Crippen molar-refractivity contribution in [3.8, 4) is 22.4 Å². The molecule has 6 rings (SSSR count). The number of benzene rings is 1. The molecule has 9 nitrogen and oxygen atoms in total. The zero-order chi connectivity index (χ0) is 24.9. The van der Waals surface area contributed by atoms with Gasteiger partial charge in [0.25, 0.3) is 0 Å². The molecule has 11 heteroatoms. The minimum absolute atomic E-state index is 0.143. The van der Waals surface area contributed by atoms with Crippen molar-refractivity contribution in [2.45, 2.75) is 24.2 Å². The highest BCUT2D eigenvalue weighted by Gasteiger charge is 2.51. The van der Waals surface area contributed by atoms with E-state index in [1.807, 2.05) is 47.4 Å². The van der Waals surface area contributed by atoms with Crippen LogP contribution >= 0.6 is 15.9 Å². The van der Waals surface area contributed by atoms with Crippen molar-refractivity contribution in [3.63, 3.8) is 0 Å². The fourth-order valence-electron chi connectivity index (χ4n) is 5.08. The average molecular weight is 567 g/mol. The first-order valence-electron chi connectivity index (χ1n) is 11.6. The molecule has 3 aromatic heterocycles. The zero-order valence-corrected chi connectivity index (χ0v) is 21.7. The van der Waals surface area contributed by atoms with Crippen molar-refractivity contribution < 1.29 is 13.2 Å². The molecule has 184 valence electrons. The van der Waals surface area contributed by atoms with Crippen LogP contribution in [0.3, 0.4) is 0 Å². The Labute approximate surface area is 216 Å². The number of nitrogens with two attached hydrogens (primary N) is 1. The molecule has 1 unspecified atom stereocenters. The van der Waals surface area contributed by atoms with E-state index in [1.165, 1.54) is 6.33 Å². The summed E-state index contributed by atoms with van der Waals surface area (Å²) in [7, 11) is -3.26. The number of nitrogen functional groups attached to an aromatic ring is 1.